The molecule has 0 atom stereocenters. The quantitative estimate of drug-likeness (QED) is 0.848. The van der Waals surface area contributed by atoms with E-state index >= 15 is 0 Å². The fourth-order valence-electron chi connectivity index (χ4n) is 1.56. The maximum atomic E-state index is 13.5. The van der Waals surface area contributed by atoms with E-state index in [-0.39, 0.29) is 11.6 Å². The third-order valence-corrected chi connectivity index (χ3v) is 2.98. The van der Waals surface area contributed by atoms with Crippen molar-refractivity contribution in [1.82, 2.24) is 0 Å². The van der Waals surface area contributed by atoms with Crippen LogP contribution in [-0.4, -0.2) is 8.42 Å². The summed E-state index contributed by atoms with van der Waals surface area (Å²) in [7, 11) is -2.43. The van der Waals surface area contributed by atoms with Crippen molar-refractivity contribution >= 4 is 10.7 Å². The second-order valence-corrected chi connectivity index (χ2v) is 4.56. The molecule has 1 radical (unpaired) electrons. The van der Waals surface area contributed by atoms with Gasteiger partial charge in [0.1, 0.15) is 16.5 Å². The van der Waals surface area contributed by atoms with Crippen LogP contribution in [0.25, 0.3) is 11.1 Å². The van der Waals surface area contributed by atoms with Crippen molar-refractivity contribution in [2.75, 3.05) is 0 Å². The predicted molar refractivity (Wildman–Crippen MR) is 64.7 cm³/mol. The number of rotatable bonds is 3. The number of hydrogen-bond donors (Lipinski definition) is 1. The molecule has 4 heteroatoms. The molecule has 0 spiro atoms. The second-order valence-electron chi connectivity index (χ2n) is 3.58. The Morgan fingerprint density at radius 3 is 2.41 bits per heavy atom. The zero-order valence-electron chi connectivity index (χ0n) is 8.89. The Bertz CT molecular complexity index is 581. The molecule has 0 heterocycles. The first-order chi connectivity index (χ1) is 8.16. The molecule has 0 N–H and O–H groups in total. The van der Waals surface area contributed by atoms with E-state index in [0.717, 1.165) is 0 Å². The summed E-state index contributed by atoms with van der Waals surface area (Å²) < 4.78 is 34.6. The molecule has 2 nitrogen and oxygen atoms in total. The van der Waals surface area contributed by atoms with Crippen LogP contribution >= 0.6 is 0 Å². The Kier molecular flexibility index (Phi) is 3.54. The standard InChI is InChI=1S/C13H10FO2S/c14-13-4-2-1-3-12(13)11-7-5-10(6-8-11)9-17(15)16/h1-2,4-8,17H,9H2. The van der Waals surface area contributed by atoms with E-state index in [1.165, 1.54) is 6.07 Å². The van der Waals surface area contributed by atoms with E-state index in [0.29, 0.717) is 16.7 Å². The smallest absolute Gasteiger partial charge is 0.144 e. The Labute approximate surface area is 101 Å². The molecule has 0 fully saturated rings. The second kappa shape index (κ2) is 5.10. The molecule has 2 rings (SSSR count). The lowest BCUT2D eigenvalue weighted by Gasteiger charge is -2.03. The average molecular weight is 249 g/mol. The van der Waals surface area contributed by atoms with Gasteiger partial charge < -0.3 is 0 Å². The van der Waals surface area contributed by atoms with Gasteiger partial charge in [-0.15, -0.1) is 0 Å². The monoisotopic (exact) mass is 249 g/mol. The number of halogens is 1. The molecule has 0 bridgehead atoms. The van der Waals surface area contributed by atoms with Gasteiger partial charge in [0.2, 0.25) is 0 Å². The zero-order valence-corrected chi connectivity index (χ0v) is 9.78. The highest BCUT2D eigenvalue weighted by Gasteiger charge is 2.04. The number of hydrogen-bond acceptors (Lipinski definition) is 2. The van der Waals surface area contributed by atoms with Crippen molar-refractivity contribution in [2.45, 2.75) is 5.75 Å². The largest absolute Gasteiger partial charge is 0.232 e. The Morgan fingerprint density at radius 2 is 1.82 bits per heavy atom. The van der Waals surface area contributed by atoms with Gasteiger partial charge in [-0.3, -0.25) is 0 Å². The van der Waals surface area contributed by atoms with Crippen molar-refractivity contribution in [1.29, 1.82) is 0 Å². The van der Waals surface area contributed by atoms with E-state index in [2.05, 4.69) is 6.07 Å². The third kappa shape index (κ3) is 2.91. The molecule has 2 aromatic carbocycles. The lowest BCUT2D eigenvalue weighted by atomic mass is 10.0. The Morgan fingerprint density at radius 1 is 1.12 bits per heavy atom. The molecular weight excluding hydrogens is 239 g/mol. The highest BCUT2D eigenvalue weighted by molar-refractivity contribution is 7.71. The SMILES string of the molecule is O=[SH](=O)Cc1ccc(-c2[c]cccc2F)cc1. The van der Waals surface area contributed by atoms with Gasteiger partial charge >= 0.3 is 0 Å². The summed E-state index contributed by atoms with van der Waals surface area (Å²) in [4.78, 5) is 0. The molecule has 0 aromatic heterocycles. The number of thiol groups is 1. The van der Waals surface area contributed by atoms with Crippen molar-refractivity contribution in [2.24, 2.45) is 0 Å². The maximum absolute atomic E-state index is 13.5. The summed E-state index contributed by atoms with van der Waals surface area (Å²) in [6, 6.07) is 14.2. The van der Waals surface area contributed by atoms with Crippen molar-refractivity contribution in [3.8, 4) is 11.1 Å². The molecule has 0 unspecified atom stereocenters. The van der Waals surface area contributed by atoms with Gasteiger partial charge in [-0.2, -0.15) is 0 Å². The highest BCUT2D eigenvalue weighted by atomic mass is 32.2. The average Bonchev–Trinajstić information content (AvgIpc) is 2.30. The van der Waals surface area contributed by atoms with Crippen LogP contribution in [0.5, 0.6) is 0 Å². The fraction of sp³-hybridized carbons (Fsp3) is 0.0769. The van der Waals surface area contributed by atoms with Gasteiger partial charge in [0.05, 0.1) is 5.75 Å². The van der Waals surface area contributed by atoms with E-state index in [1.54, 1.807) is 36.4 Å². The van der Waals surface area contributed by atoms with Crippen molar-refractivity contribution in [3.63, 3.8) is 0 Å². The molecule has 0 aliphatic carbocycles. The zero-order chi connectivity index (χ0) is 12.3. The minimum Gasteiger partial charge on any atom is -0.232 e. The molecule has 17 heavy (non-hydrogen) atoms. The fourth-order valence-corrected chi connectivity index (χ4v) is 2.07. The first-order valence-corrected chi connectivity index (χ1v) is 6.40. The van der Waals surface area contributed by atoms with Gasteiger partial charge in [-0.05, 0) is 23.3 Å². The minimum atomic E-state index is -2.43. The van der Waals surface area contributed by atoms with Crippen LogP contribution in [0.3, 0.4) is 0 Å². The minimum absolute atomic E-state index is 0.0105. The molecule has 0 aliphatic rings. The highest BCUT2D eigenvalue weighted by Crippen LogP contribution is 2.22. The Balaban J connectivity index is 2.33. The van der Waals surface area contributed by atoms with Crippen LogP contribution < -0.4 is 0 Å². The van der Waals surface area contributed by atoms with Gasteiger partial charge in [-0.25, -0.2) is 12.8 Å². The normalized spacial score (nSPS) is 10.7. The Hall–Kier alpha value is -1.68. The van der Waals surface area contributed by atoms with Crippen LogP contribution in [0.2, 0.25) is 0 Å². The summed E-state index contributed by atoms with van der Waals surface area (Å²) in [6.45, 7) is 0. The van der Waals surface area contributed by atoms with E-state index in [1.807, 2.05) is 0 Å². The summed E-state index contributed by atoms with van der Waals surface area (Å²) in [5.41, 5.74) is 1.78. The third-order valence-electron chi connectivity index (χ3n) is 2.36. The molecule has 0 amide bonds. The summed E-state index contributed by atoms with van der Waals surface area (Å²) >= 11 is 0. The molecule has 0 aliphatic heterocycles. The van der Waals surface area contributed by atoms with E-state index in [4.69, 9.17) is 0 Å². The van der Waals surface area contributed by atoms with Gasteiger partial charge in [0, 0.05) is 5.56 Å². The van der Waals surface area contributed by atoms with Crippen LogP contribution in [0.1, 0.15) is 5.56 Å². The van der Waals surface area contributed by atoms with Gasteiger partial charge in [-0.1, -0.05) is 36.4 Å². The predicted octanol–water partition coefficient (Wildman–Crippen LogP) is 2.40. The van der Waals surface area contributed by atoms with Gasteiger partial charge in [0.25, 0.3) is 0 Å². The summed E-state index contributed by atoms with van der Waals surface area (Å²) in [5, 5.41) is 0. The number of benzene rings is 2. The van der Waals surface area contributed by atoms with Crippen LogP contribution in [0.4, 0.5) is 4.39 Å². The molecule has 0 saturated heterocycles. The molecule has 0 saturated carbocycles. The van der Waals surface area contributed by atoms with E-state index in [9.17, 15) is 12.8 Å². The van der Waals surface area contributed by atoms with Crippen molar-refractivity contribution in [3.05, 3.63) is 59.9 Å². The molecule has 2 aromatic rings. The first kappa shape index (κ1) is 11.8. The maximum Gasteiger partial charge on any atom is 0.144 e. The topological polar surface area (TPSA) is 34.1 Å². The molecule has 87 valence electrons. The molecular formula is C13H10FO2S. The van der Waals surface area contributed by atoms with Gasteiger partial charge in [0.15, 0.2) is 0 Å². The van der Waals surface area contributed by atoms with Crippen molar-refractivity contribution < 1.29 is 12.8 Å². The first-order valence-electron chi connectivity index (χ1n) is 5.04. The van der Waals surface area contributed by atoms with Crippen LogP contribution in [-0.2, 0) is 16.5 Å². The van der Waals surface area contributed by atoms with Crippen LogP contribution in [0, 0.1) is 11.9 Å². The lowest BCUT2D eigenvalue weighted by molar-refractivity contribution is 0.614. The summed E-state index contributed by atoms with van der Waals surface area (Å²) in [5.74, 6) is -0.327. The van der Waals surface area contributed by atoms with Crippen LogP contribution in [0.15, 0.2) is 42.5 Å². The summed E-state index contributed by atoms with van der Waals surface area (Å²) in [6.07, 6.45) is 0. The van der Waals surface area contributed by atoms with E-state index < -0.39 is 10.7 Å². The lowest BCUT2D eigenvalue weighted by Crippen LogP contribution is -1.88.